The summed E-state index contributed by atoms with van der Waals surface area (Å²) >= 11 is 0. The Bertz CT molecular complexity index is 489. The molecule has 1 N–H and O–H groups in total. The van der Waals surface area contributed by atoms with E-state index in [1.165, 1.54) is 14.2 Å². The summed E-state index contributed by atoms with van der Waals surface area (Å²) in [7, 11) is 2.66. The number of amides is 2. The van der Waals surface area contributed by atoms with Gasteiger partial charge in [0.1, 0.15) is 19.7 Å². The maximum atomic E-state index is 11.7. The number of methoxy groups -OCH3 is 1. The molecular weight excluding hydrogens is 276 g/mol. The molecule has 0 aliphatic rings. The molecule has 114 valence electrons. The van der Waals surface area contributed by atoms with Crippen molar-refractivity contribution < 1.29 is 23.9 Å². The van der Waals surface area contributed by atoms with Crippen LogP contribution in [0.2, 0.25) is 0 Å². The molecule has 0 radical (unpaired) electrons. The Labute approximate surface area is 122 Å². The SMILES string of the molecule is COC(=O)CNC(=O)CN(C)C(=O)OCc1ccccc1. The largest absolute Gasteiger partial charge is 0.468 e. The van der Waals surface area contributed by atoms with E-state index in [2.05, 4.69) is 10.1 Å². The first-order valence-corrected chi connectivity index (χ1v) is 6.28. The molecule has 0 spiro atoms. The Morgan fingerprint density at radius 1 is 1.19 bits per heavy atom. The molecule has 0 bridgehead atoms. The number of hydrogen-bond acceptors (Lipinski definition) is 5. The van der Waals surface area contributed by atoms with Gasteiger partial charge < -0.3 is 19.7 Å². The van der Waals surface area contributed by atoms with Crippen LogP contribution in [-0.4, -0.2) is 50.1 Å². The average molecular weight is 294 g/mol. The van der Waals surface area contributed by atoms with E-state index in [0.29, 0.717) is 0 Å². The smallest absolute Gasteiger partial charge is 0.410 e. The minimum absolute atomic E-state index is 0.133. The number of benzene rings is 1. The predicted octanol–water partition coefficient (Wildman–Crippen LogP) is 0.544. The summed E-state index contributed by atoms with van der Waals surface area (Å²) in [6, 6.07) is 9.20. The Balaban J connectivity index is 2.30. The number of carbonyl (C=O) groups is 3. The quantitative estimate of drug-likeness (QED) is 0.774. The molecule has 0 unspecified atom stereocenters. The van der Waals surface area contributed by atoms with Crippen LogP contribution in [0.5, 0.6) is 0 Å². The Morgan fingerprint density at radius 3 is 2.48 bits per heavy atom. The average Bonchev–Trinajstić information content (AvgIpc) is 2.51. The van der Waals surface area contributed by atoms with Crippen molar-refractivity contribution in [3.05, 3.63) is 35.9 Å². The molecule has 0 saturated heterocycles. The number of ether oxygens (including phenoxy) is 2. The fourth-order valence-electron chi connectivity index (χ4n) is 1.41. The van der Waals surface area contributed by atoms with Crippen LogP contribution in [-0.2, 0) is 25.7 Å². The van der Waals surface area contributed by atoms with Crippen molar-refractivity contribution >= 4 is 18.0 Å². The maximum absolute atomic E-state index is 11.7. The van der Waals surface area contributed by atoms with Crippen LogP contribution in [0.1, 0.15) is 5.56 Å². The third-order valence-corrected chi connectivity index (χ3v) is 2.56. The number of likely N-dealkylation sites (N-methyl/N-ethyl adjacent to an activating group) is 1. The molecule has 1 rings (SSSR count). The molecule has 0 fully saturated rings. The van der Waals surface area contributed by atoms with Crippen molar-refractivity contribution in [2.75, 3.05) is 27.2 Å². The van der Waals surface area contributed by atoms with Crippen LogP contribution in [0.3, 0.4) is 0 Å². The number of nitrogens with zero attached hydrogens (tertiary/aromatic N) is 1. The summed E-state index contributed by atoms with van der Waals surface area (Å²) < 4.78 is 9.43. The molecule has 1 aromatic rings. The molecule has 0 aromatic heterocycles. The molecule has 2 amide bonds. The van der Waals surface area contributed by atoms with E-state index in [1.54, 1.807) is 0 Å². The lowest BCUT2D eigenvalue weighted by Crippen LogP contribution is -2.40. The molecular formula is C14H18N2O5. The zero-order valence-corrected chi connectivity index (χ0v) is 12.0. The van der Waals surface area contributed by atoms with E-state index in [0.717, 1.165) is 10.5 Å². The second-order valence-corrected chi connectivity index (χ2v) is 4.25. The van der Waals surface area contributed by atoms with Crippen LogP contribution < -0.4 is 5.32 Å². The van der Waals surface area contributed by atoms with E-state index < -0.39 is 18.0 Å². The monoisotopic (exact) mass is 294 g/mol. The summed E-state index contributed by atoms with van der Waals surface area (Å²) in [6.07, 6.45) is -0.618. The van der Waals surface area contributed by atoms with Gasteiger partial charge in [0.2, 0.25) is 5.91 Å². The van der Waals surface area contributed by atoms with Gasteiger partial charge in [-0.1, -0.05) is 30.3 Å². The van der Waals surface area contributed by atoms with Crippen molar-refractivity contribution in [3.8, 4) is 0 Å². The Morgan fingerprint density at radius 2 is 1.86 bits per heavy atom. The van der Waals surface area contributed by atoms with Crippen LogP contribution in [0.15, 0.2) is 30.3 Å². The predicted molar refractivity (Wildman–Crippen MR) is 74.3 cm³/mol. The highest BCUT2D eigenvalue weighted by Crippen LogP contribution is 2.02. The zero-order chi connectivity index (χ0) is 15.7. The highest BCUT2D eigenvalue weighted by molar-refractivity contribution is 5.85. The first-order chi connectivity index (χ1) is 10.0. The lowest BCUT2D eigenvalue weighted by atomic mass is 10.2. The standard InChI is InChI=1S/C14H18N2O5/c1-16(9-12(17)15-8-13(18)20-2)14(19)21-10-11-6-4-3-5-7-11/h3-7H,8-10H2,1-2H3,(H,15,17). The van der Waals surface area contributed by atoms with Gasteiger partial charge in [0.15, 0.2) is 0 Å². The molecule has 7 heteroatoms. The van der Waals surface area contributed by atoms with Crippen molar-refractivity contribution in [1.82, 2.24) is 10.2 Å². The van der Waals surface area contributed by atoms with E-state index in [-0.39, 0.29) is 19.7 Å². The van der Waals surface area contributed by atoms with Gasteiger partial charge in [-0.15, -0.1) is 0 Å². The summed E-state index contributed by atoms with van der Waals surface area (Å²) in [5, 5.41) is 2.33. The van der Waals surface area contributed by atoms with Crippen LogP contribution in [0, 0.1) is 0 Å². The third kappa shape index (κ3) is 6.42. The van der Waals surface area contributed by atoms with Gasteiger partial charge >= 0.3 is 12.1 Å². The molecule has 0 heterocycles. The molecule has 21 heavy (non-hydrogen) atoms. The maximum Gasteiger partial charge on any atom is 0.410 e. The number of carbonyl (C=O) groups excluding carboxylic acids is 3. The summed E-state index contributed by atoms with van der Waals surface area (Å²) in [5.74, 6) is -1.03. The molecule has 0 aliphatic carbocycles. The summed E-state index contributed by atoms with van der Waals surface area (Å²) in [5.41, 5.74) is 0.856. The minimum Gasteiger partial charge on any atom is -0.468 e. The van der Waals surface area contributed by atoms with E-state index in [1.807, 2.05) is 30.3 Å². The van der Waals surface area contributed by atoms with E-state index in [4.69, 9.17) is 4.74 Å². The number of hydrogen-bond donors (Lipinski definition) is 1. The lowest BCUT2D eigenvalue weighted by molar-refractivity contribution is -0.141. The number of nitrogens with one attached hydrogen (secondary N) is 1. The number of rotatable bonds is 6. The van der Waals surface area contributed by atoms with Gasteiger partial charge in [-0.25, -0.2) is 4.79 Å². The van der Waals surface area contributed by atoms with Crippen molar-refractivity contribution in [3.63, 3.8) is 0 Å². The summed E-state index contributed by atoms with van der Waals surface area (Å²) in [6.45, 7) is -0.305. The van der Waals surface area contributed by atoms with Gasteiger partial charge in [0.25, 0.3) is 0 Å². The minimum atomic E-state index is -0.618. The fourth-order valence-corrected chi connectivity index (χ4v) is 1.41. The van der Waals surface area contributed by atoms with Crippen LogP contribution in [0.4, 0.5) is 4.79 Å². The molecule has 0 atom stereocenters. The normalized spacial score (nSPS) is 9.62. The highest BCUT2D eigenvalue weighted by Gasteiger charge is 2.14. The van der Waals surface area contributed by atoms with Gasteiger partial charge in [-0.05, 0) is 5.56 Å². The van der Waals surface area contributed by atoms with Crippen LogP contribution in [0.25, 0.3) is 0 Å². The Hall–Kier alpha value is -2.57. The van der Waals surface area contributed by atoms with Gasteiger partial charge in [-0.3, -0.25) is 9.59 Å². The highest BCUT2D eigenvalue weighted by atomic mass is 16.6. The second kappa shape index (κ2) is 8.57. The molecule has 0 saturated carbocycles. The molecule has 7 nitrogen and oxygen atoms in total. The van der Waals surface area contributed by atoms with Crippen LogP contribution >= 0.6 is 0 Å². The van der Waals surface area contributed by atoms with Gasteiger partial charge in [-0.2, -0.15) is 0 Å². The molecule has 1 aromatic carbocycles. The van der Waals surface area contributed by atoms with Gasteiger partial charge in [0, 0.05) is 7.05 Å². The number of esters is 1. The first-order valence-electron chi connectivity index (χ1n) is 6.28. The molecule has 0 aliphatic heterocycles. The van der Waals surface area contributed by atoms with Crippen molar-refractivity contribution in [2.45, 2.75) is 6.61 Å². The van der Waals surface area contributed by atoms with E-state index in [9.17, 15) is 14.4 Å². The zero-order valence-electron chi connectivity index (χ0n) is 12.0. The lowest BCUT2D eigenvalue weighted by Gasteiger charge is -2.16. The topological polar surface area (TPSA) is 84.9 Å². The summed E-state index contributed by atoms with van der Waals surface area (Å²) in [4.78, 5) is 35.1. The fraction of sp³-hybridized carbons (Fsp3) is 0.357. The third-order valence-electron chi connectivity index (χ3n) is 2.56. The van der Waals surface area contributed by atoms with E-state index >= 15 is 0 Å². The first kappa shape index (κ1) is 16.5. The van der Waals surface area contributed by atoms with Gasteiger partial charge in [0.05, 0.1) is 7.11 Å². The van der Waals surface area contributed by atoms with Crippen molar-refractivity contribution in [2.24, 2.45) is 0 Å². The Kier molecular flexibility index (Phi) is 6.73. The second-order valence-electron chi connectivity index (χ2n) is 4.25. The van der Waals surface area contributed by atoms with Crippen molar-refractivity contribution in [1.29, 1.82) is 0 Å².